The second-order valence-electron chi connectivity index (χ2n) is 6.57. The van der Waals surface area contributed by atoms with E-state index in [1.807, 2.05) is 18.2 Å². The van der Waals surface area contributed by atoms with Crippen molar-refractivity contribution in [3.05, 3.63) is 73.1 Å². The van der Waals surface area contributed by atoms with Crippen molar-refractivity contribution in [2.24, 2.45) is 0 Å². The van der Waals surface area contributed by atoms with E-state index < -0.39 is 0 Å². The zero-order chi connectivity index (χ0) is 20.2. The van der Waals surface area contributed by atoms with Crippen LogP contribution in [0.1, 0.15) is 12.3 Å². The van der Waals surface area contributed by atoms with Crippen molar-refractivity contribution in [1.29, 1.82) is 0 Å². The number of benzene rings is 1. The molecular weight excluding hydrogens is 414 g/mol. The monoisotopic (exact) mass is 431 g/mol. The molecule has 0 atom stereocenters. The lowest BCUT2D eigenvalue weighted by Gasteiger charge is -2.00. The minimum atomic E-state index is 0.601. The number of aryl methyl sites for hydroxylation is 1. The summed E-state index contributed by atoms with van der Waals surface area (Å²) in [6.45, 7) is 0. The van der Waals surface area contributed by atoms with Crippen molar-refractivity contribution in [3.63, 3.8) is 0 Å². The van der Waals surface area contributed by atoms with Crippen LogP contribution in [0.2, 0.25) is 0 Å². The molecule has 4 heterocycles. The summed E-state index contributed by atoms with van der Waals surface area (Å²) in [5.74, 6) is 2.16. The van der Waals surface area contributed by atoms with E-state index in [2.05, 4.69) is 55.4 Å². The Morgan fingerprint density at radius 3 is 2.70 bits per heavy atom. The van der Waals surface area contributed by atoms with Gasteiger partial charge in [0.15, 0.2) is 0 Å². The van der Waals surface area contributed by atoms with Gasteiger partial charge in [-0.3, -0.25) is 4.98 Å². The average Bonchev–Trinajstić information content (AvgIpc) is 3.46. The van der Waals surface area contributed by atoms with Gasteiger partial charge in [0.05, 0.1) is 0 Å². The fourth-order valence-electron chi connectivity index (χ4n) is 3.06. The maximum atomic E-state index is 5.38. The Kier molecular flexibility index (Phi) is 5.50. The van der Waals surface area contributed by atoms with Crippen LogP contribution in [0, 0.1) is 0 Å². The molecule has 0 aliphatic heterocycles. The molecule has 4 aromatic heterocycles. The quantitative estimate of drug-likeness (QED) is 0.190. The number of rotatable bonds is 7. The highest BCUT2D eigenvalue weighted by Crippen LogP contribution is 2.36. The third kappa shape index (κ3) is 4.10. The van der Waals surface area contributed by atoms with Crippen LogP contribution in [0.4, 0.5) is 0 Å². The SMILES string of the molecule is c1ccc(-c2cc3c(SCCCc4nc(-c5ccncc5)no4)ncnc3s2)cc1. The molecule has 1 aromatic carbocycles. The minimum absolute atomic E-state index is 0.601. The largest absolute Gasteiger partial charge is 0.339 e. The Bertz CT molecular complexity index is 1250. The number of pyridine rings is 1. The van der Waals surface area contributed by atoms with E-state index in [1.165, 1.54) is 10.4 Å². The van der Waals surface area contributed by atoms with Gasteiger partial charge in [-0.2, -0.15) is 4.98 Å². The van der Waals surface area contributed by atoms with E-state index in [0.29, 0.717) is 11.7 Å². The molecule has 0 spiro atoms. The number of hydrogen-bond acceptors (Lipinski definition) is 8. The Morgan fingerprint density at radius 2 is 1.83 bits per heavy atom. The number of hydrogen-bond donors (Lipinski definition) is 0. The molecule has 0 unspecified atom stereocenters. The number of fused-ring (bicyclic) bond motifs is 1. The molecule has 8 heteroatoms. The number of thioether (sulfide) groups is 1. The first-order valence-corrected chi connectivity index (χ1v) is 11.3. The molecule has 0 saturated heterocycles. The molecule has 0 radical (unpaired) electrons. The Hall–Kier alpha value is -3.10. The molecule has 148 valence electrons. The van der Waals surface area contributed by atoms with Gasteiger partial charge in [-0.25, -0.2) is 9.97 Å². The summed E-state index contributed by atoms with van der Waals surface area (Å²) in [6, 6.07) is 16.3. The molecule has 6 nitrogen and oxygen atoms in total. The Morgan fingerprint density at radius 1 is 0.967 bits per heavy atom. The average molecular weight is 432 g/mol. The summed E-state index contributed by atoms with van der Waals surface area (Å²) >= 11 is 3.44. The molecule has 0 aliphatic carbocycles. The lowest BCUT2D eigenvalue weighted by molar-refractivity contribution is 0.378. The van der Waals surface area contributed by atoms with Crippen LogP contribution in [-0.4, -0.2) is 30.8 Å². The molecule has 0 amide bonds. The molecule has 30 heavy (non-hydrogen) atoms. The highest BCUT2D eigenvalue weighted by molar-refractivity contribution is 7.99. The van der Waals surface area contributed by atoms with Gasteiger partial charge in [0.1, 0.15) is 16.2 Å². The highest BCUT2D eigenvalue weighted by atomic mass is 32.2. The van der Waals surface area contributed by atoms with Gasteiger partial charge in [-0.1, -0.05) is 35.5 Å². The number of aromatic nitrogens is 5. The van der Waals surface area contributed by atoms with Crippen molar-refractivity contribution in [1.82, 2.24) is 25.1 Å². The van der Waals surface area contributed by atoms with Crippen LogP contribution in [-0.2, 0) is 6.42 Å². The van der Waals surface area contributed by atoms with Gasteiger partial charge in [0.2, 0.25) is 11.7 Å². The second-order valence-corrected chi connectivity index (χ2v) is 8.69. The maximum absolute atomic E-state index is 5.38. The van der Waals surface area contributed by atoms with Crippen LogP contribution in [0.3, 0.4) is 0 Å². The predicted molar refractivity (Wildman–Crippen MR) is 119 cm³/mol. The molecule has 0 bridgehead atoms. The first kappa shape index (κ1) is 18.9. The zero-order valence-electron chi connectivity index (χ0n) is 15.9. The molecule has 0 saturated carbocycles. The van der Waals surface area contributed by atoms with Crippen LogP contribution < -0.4 is 0 Å². The van der Waals surface area contributed by atoms with E-state index in [-0.39, 0.29) is 0 Å². The zero-order valence-corrected chi connectivity index (χ0v) is 17.6. The fraction of sp³-hybridized carbons (Fsp3) is 0.136. The molecule has 0 fully saturated rings. The third-order valence-corrected chi connectivity index (χ3v) is 6.72. The van der Waals surface area contributed by atoms with E-state index in [0.717, 1.165) is 39.4 Å². The first-order valence-electron chi connectivity index (χ1n) is 9.52. The number of thiophene rings is 1. The minimum Gasteiger partial charge on any atom is -0.339 e. The van der Waals surface area contributed by atoms with Gasteiger partial charge in [-0.05, 0) is 30.2 Å². The van der Waals surface area contributed by atoms with E-state index in [1.54, 1.807) is 41.8 Å². The predicted octanol–water partition coefficient (Wildman–Crippen LogP) is 5.53. The fourth-order valence-corrected chi connectivity index (χ4v) is 5.04. The molecule has 0 N–H and O–H groups in total. The van der Waals surface area contributed by atoms with Gasteiger partial charge in [0.25, 0.3) is 0 Å². The molecule has 0 aliphatic rings. The topological polar surface area (TPSA) is 77.6 Å². The second kappa shape index (κ2) is 8.73. The van der Waals surface area contributed by atoms with Crippen LogP contribution in [0.25, 0.3) is 32.0 Å². The van der Waals surface area contributed by atoms with E-state index >= 15 is 0 Å². The summed E-state index contributed by atoms with van der Waals surface area (Å²) in [4.78, 5) is 19.7. The third-order valence-electron chi connectivity index (χ3n) is 4.53. The first-order chi connectivity index (χ1) is 14.9. The lowest BCUT2D eigenvalue weighted by Crippen LogP contribution is -1.90. The van der Waals surface area contributed by atoms with Crippen LogP contribution in [0.15, 0.2) is 76.8 Å². The molecule has 5 rings (SSSR count). The number of nitrogens with zero attached hydrogens (tertiary/aromatic N) is 5. The summed E-state index contributed by atoms with van der Waals surface area (Å²) in [7, 11) is 0. The highest BCUT2D eigenvalue weighted by Gasteiger charge is 2.12. The van der Waals surface area contributed by atoms with Crippen LogP contribution >= 0.6 is 23.1 Å². The van der Waals surface area contributed by atoms with Gasteiger partial charge >= 0.3 is 0 Å². The summed E-state index contributed by atoms with van der Waals surface area (Å²) < 4.78 is 5.38. The normalized spacial score (nSPS) is 11.2. The van der Waals surface area contributed by atoms with Crippen molar-refractivity contribution in [2.45, 2.75) is 17.9 Å². The van der Waals surface area contributed by atoms with Gasteiger partial charge in [-0.15, -0.1) is 23.1 Å². The van der Waals surface area contributed by atoms with Gasteiger partial charge < -0.3 is 4.52 Å². The van der Waals surface area contributed by atoms with Crippen molar-refractivity contribution in [3.8, 4) is 21.8 Å². The van der Waals surface area contributed by atoms with Crippen molar-refractivity contribution < 1.29 is 4.52 Å². The maximum Gasteiger partial charge on any atom is 0.226 e. The van der Waals surface area contributed by atoms with E-state index in [9.17, 15) is 0 Å². The summed E-state index contributed by atoms with van der Waals surface area (Å²) in [6.07, 6.45) is 6.74. The van der Waals surface area contributed by atoms with Crippen molar-refractivity contribution in [2.75, 3.05) is 5.75 Å². The van der Waals surface area contributed by atoms with E-state index in [4.69, 9.17) is 4.52 Å². The summed E-state index contributed by atoms with van der Waals surface area (Å²) in [5, 5.41) is 6.19. The van der Waals surface area contributed by atoms with Crippen molar-refractivity contribution >= 4 is 33.3 Å². The van der Waals surface area contributed by atoms with Crippen LogP contribution in [0.5, 0.6) is 0 Å². The summed E-state index contributed by atoms with van der Waals surface area (Å²) in [5.41, 5.74) is 2.11. The van der Waals surface area contributed by atoms with Gasteiger partial charge in [0, 0.05) is 40.4 Å². The molecular formula is C22H17N5OS2. The smallest absolute Gasteiger partial charge is 0.226 e. The Labute approximate surface area is 181 Å². The Balaban J connectivity index is 1.23. The molecule has 5 aromatic rings. The standard InChI is InChI=1S/C22H17N5OS2/c1-2-5-15(6-3-1)18-13-17-21(24-14-25-22(17)30-18)29-12-4-7-19-26-20(27-28-19)16-8-10-23-11-9-16/h1-3,5-6,8-11,13-14H,4,7,12H2. The lowest BCUT2D eigenvalue weighted by atomic mass is 10.2.